The molecule has 0 aliphatic rings. The quantitative estimate of drug-likeness (QED) is 0.205. The van der Waals surface area contributed by atoms with Crippen LogP contribution in [-0.2, 0) is 4.79 Å². The molecule has 11 heteroatoms. The average Bonchev–Trinajstić information content (AvgIpc) is 3.32. The summed E-state index contributed by atoms with van der Waals surface area (Å²) in [5.74, 6) is 1.61. The van der Waals surface area contributed by atoms with Crippen LogP contribution in [0.2, 0.25) is 5.02 Å². The highest BCUT2D eigenvalue weighted by Gasteiger charge is 2.17. The number of hydrazone groups is 1. The predicted molar refractivity (Wildman–Crippen MR) is 136 cm³/mol. The number of nitrogens with one attached hydrogen (secondary N) is 1. The van der Waals surface area contributed by atoms with Crippen molar-refractivity contribution in [1.82, 2.24) is 25.2 Å². The van der Waals surface area contributed by atoms with Gasteiger partial charge in [0, 0.05) is 28.7 Å². The van der Waals surface area contributed by atoms with E-state index in [-0.39, 0.29) is 11.7 Å². The first kappa shape index (κ1) is 24.2. The maximum Gasteiger partial charge on any atom is 0.250 e. The number of methoxy groups -OCH3 is 2. The van der Waals surface area contributed by atoms with Gasteiger partial charge in [-0.15, -0.1) is 10.2 Å². The second kappa shape index (κ2) is 11.5. The van der Waals surface area contributed by atoms with Crippen LogP contribution in [-0.4, -0.2) is 51.8 Å². The number of thioether (sulfide) groups is 1. The van der Waals surface area contributed by atoms with Crippen LogP contribution in [0.5, 0.6) is 11.5 Å². The third kappa shape index (κ3) is 5.97. The Morgan fingerprint density at radius 2 is 1.80 bits per heavy atom. The SMILES string of the molecule is COc1ccc(C=NNC(=O)CSc2nnc(-c3ccncc3)n2-c2ccc(Cl)cc2)cc1OC. The molecule has 0 atom stereocenters. The van der Waals surface area contributed by atoms with Gasteiger partial charge in [0.15, 0.2) is 22.5 Å². The standard InChI is InChI=1S/C24H21ClN6O3S/c1-33-20-8-3-16(13-21(20)34-2)14-27-28-22(32)15-35-24-30-29-23(17-9-11-26-12-10-17)31(24)19-6-4-18(25)5-7-19/h3-14H,15H2,1-2H3,(H,28,32). The Morgan fingerprint density at radius 3 is 2.51 bits per heavy atom. The number of amides is 1. The highest BCUT2D eigenvalue weighted by molar-refractivity contribution is 7.99. The molecule has 0 saturated heterocycles. The number of carbonyl (C=O) groups excluding carboxylic acids is 1. The molecule has 0 radical (unpaired) electrons. The molecule has 1 amide bonds. The van der Waals surface area contributed by atoms with Gasteiger partial charge in [-0.1, -0.05) is 23.4 Å². The van der Waals surface area contributed by atoms with Gasteiger partial charge >= 0.3 is 0 Å². The fourth-order valence-corrected chi connectivity index (χ4v) is 4.02. The van der Waals surface area contributed by atoms with E-state index in [0.29, 0.717) is 27.5 Å². The fraction of sp³-hybridized carbons (Fsp3) is 0.125. The molecule has 4 rings (SSSR count). The number of ether oxygens (including phenoxy) is 2. The van der Waals surface area contributed by atoms with Crippen molar-refractivity contribution in [3.63, 3.8) is 0 Å². The molecule has 178 valence electrons. The maximum absolute atomic E-state index is 12.4. The first-order valence-corrected chi connectivity index (χ1v) is 11.7. The normalized spacial score (nSPS) is 10.9. The van der Waals surface area contributed by atoms with E-state index < -0.39 is 0 Å². The van der Waals surface area contributed by atoms with Crippen LogP contribution in [0.25, 0.3) is 17.1 Å². The molecule has 9 nitrogen and oxygen atoms in total. The Labute approximate surface area is 211 Å². The molecular formula is C24H21ClN6O3S. The summed E-state index contributed by atoms with van der Waals surface area (Å²) in [6.07, 6.45) is 4.90. The number of carbonyl (C=O) groups is 1. The number of pyridine rings is 1. The van der Waals surface area contributed by atoms with Crippen LogP contribution >= 0.6 is 23.4 Å². The van der Waals surface area contributed by atoms with E-state index in [9.17, 15) is 4.79 Å². The largest absolute Gasteiger partial charge is 0.493 e. The van der Waals surface area contributed by atoms with Gasteiger partial charge < -0.3 is 9.47 Å². The lowest BCUT2D eigenvalue weighted by molar-refractivity contribution is -0.118. The summed E-state index contributed by atoms with van der Waals surface area (Å²) in [4.78, 5) is 16.5. The molecule has 1 N–H and O–H groups in total. The van der Waals surface area contributed by atoms with E-state index in [1.165, 1.54) is 18.0 Å². The third-order valence-corrected chi connectivity index (χ3v) is 5.98. The summed E-state index contributed by atoms with van der Waals surface area (Å²) in [5.41, 5.74) is 4.94. The molecule has 0 saturated carbocycles. The average molecular weight is 509 g/mol. The molecule has 0 aliphatic carbocycles. The molecule has 0 spiro atoms. The highest BCUT2D eigenvalue weighted by atomic mass is 35.5. The minimum absolute atomic E-state index is 0.0886. The summed E-state index contributed by atoms with van der Waals surface area (Å²) < 4.78 is 12.4. The minimum Gasteiger partial charge on any atom is -0.493 e. The molecule has 0 bridgehead atoms. The van der Waals surface area contributed by atoms with Crippen LogP contribution in [0.15, 0.2) is 77.2 Å². The zero-order chi connectivity index (χ0) is 24.6. The first-order chi connectivity index (χ1) is 17.1. The molecule has 35 heavy (non-hydrogen) atoms. The predicted octanol–water partition coefficient (Wildman–Crippen LogP) is 4.24. The molecule has 2 aromatic carbocycles. The lowest BCUT2D eigenvalue weighted by atomic mass is 10.2. The summed E-state index contributed by atoms with van der Waals surface area (Å²) in [5, 5.41) is 13.8. The summed E-state index contributed by atoms with van der Waals surface area (Å²) in [6, 6.07) is 16.3. The molecule has 0 aliphatic heterocycles. The lowest BCUT2D eigenvalue weighted by Gasteiger charge is -2.10. The molecule has 4 aromatic rings. The highest BCUT2D eigenvalue weighted by Crippen LogP contribution is 2.29. The monoisotopic (exact) mass is 508 g/mol. The van der Waals surface area contributed by atoms with Crippen LogP contribution in [0.4, 0.5) is 0 Å². The first-order valence-electron chi connectivity index (χ1n) is 10.4. The number of benzene rings is 2. The minimum atomic E-state index is -0.289. The Kier molecular flexibility index (Phi) is 7.96. The van der Waals surface area contributed by atoms with E-state index >= 15 is 0 Å². The Balaban J connectivity index is 1.46. The van der Waals surface area contributed by atoms with Gasteiger partial charge in [0.1, 0.15) is 0 Å². The third-order valence-electron chi connectivity index (χ3n) is 4.80. The zero-order valence-corrected chi connectivity index (χ0v) is 20.5. The van der Waals surface area contributed by atoms with Crippen molar-refractivity contribution in [2.75, 3.05) is 20.0 Å². The molecule has 2 aromatic heterocycles. The van der Waals surface area contributed by atoms with Crippen molar-refractivity contribution in [2.45, 2.75) is 5.16 Å². The lowest BCUT2D eigenvalue weighted by Crippen LogP contribution is -2.20. The smallest absolute Gasteiger partial charge is 0.250 e. The molecule has 2 heterocycles. The van der Waals surface area contributed by atoms with Crippen LogP contribution in [0.1, 0.15) is 5.56 Å². The van der Waals surface area contributed by atoms with E-state index in [0.717, 1.165) is 16.8 Å². The van der Waals surface area contributed by atoms with Gasteiger partial charge in [-0.2, -0.15) is 5.10 Å². The van der Waals surface area contributed by atoms with Gasteiger partial charge in [0.05, 0.1) is 26.2 Å². The topological polar surface area (TPSA) is 104 Å². The van der Waals surface area contributed by atoms with Crippen molar-refractivity contribution >= 4 is 35.5 Å². The van der Waals surface area contributed by atoms with Crippen molar-refractivity contribution in [2.24, 2.45) is 5.10 Å². The molecular weight excluding hydrogens is 488 g/mol. The molecule has 0 unspecified atom stereocenters. The van der Waals surface area contributed by atoms with Gasteiger partial charge in [0.25, 0.3) is 5.91 Å². The van der Waals surface area contributed by atoms with Gasteiger partial charge in [-0.05, 0) is 60.2 Å². The van der Waals surface area contributed by atoms with Gasteiger partial charge in [-0.3, -0.25) is 14.3 Å². The van der Waals surface area contributed by atoms with Crippen molar-refractivity contribution in [3.05, 3.63) is 77.6 Å². The second-order valence-corrected chi connectivity index (χ2v) is 8.43. The maximum atomic E-state index is 12.4. The van der Waals surface area contributed by atoms with E-state index in [1.54, 1.807) is 56.9 Å². The van der Waals surface area contributed by atoms with Crippen molar-refractivity contribution in [3.8, 4) is 28.6 Å². The number of nitrogens with zero attached hydrogens (tertiary/aromatic N) is 5. The summed E-state index contributed by atoms with van der Waals surface area (Å²) >= 11 is 7.31. The van der Waals surface area contributed by atoms with Gasteiger partial charge in [0.2, 0.25) is 0 Å². The number of halogens is 1. The van der Waals surface area contributed by atoms with E-state index in [2.05, 4.69) is 25.7 Å². The Morgan fingerprint density at radius 1 is 1.06 bits per heavy atom. The number of hydrogen-bond acceptors (Lipinski definition) is 8. The Bertz CT molecular complexity index is 1330. The van der Waals surface area contributed by atoms with Crippen LogP contribution < -0.4 is 14.9 Å². The van der Waals surface area contributed by atoms with E-state index in [4.69, 9.17) is 21.1 Å². The number of hydrogen-bond donors (Lipinski definition) is 1. The van der Waals surface area contributed by atoms with Gasteiger partial charge in [-0.25, -0.2) is 5.43 Å². The summed E-state index contributed by atoms with van der Waals surface area (Å²) in [7, 11) is 3.12. The van der Waals surface area contributed by atoms with Crippen LogP contribution in [0, 0.1) is 0 Å². The number of rotatable bonds is 9. The zero-order valence-electron chi connectivity index (χ0n) is 18.9. The summed E-state index contributed by atoms with van der Waals surface area (Å²) in [6.45, 7) is 0. The molecule has 0 fully saturated rings. The van der Waals surface area contributed by atoms with Crippen molar-refractivity contribution in [1.29, 1.82) is 0 Å². The fourth-order valence-electron chi connectivity index (χ4n) is 3.15. The Hall–Kier alpha value is -3.89. The van der Waals surface area contributed by atoms with E-state index in [1.807, 2.05) is 28.8 Å². The van der Waals surface area contributed by atoms with Crippen LogP contribution in [0.3, 0.4) is 0 Å². The second-order valence-electron chi connectivity index (χ2n) is 7.05. The van der Waals surface area contributed by atoms with Crippen molar-refractivity contribution < 1.29 is 14.3 Å². The number of aromatic nitrogens is 4.